The lowest BCUT2D eigenvalue weighted by molar-refractivity contribution is -0.112. The Kier molecular flexibility index (Phi) is 4.03. The molecule has 106 valence electrons. The van der Waals surface area contributed by atoms with Crippen molar-refractivity contribution in [3.05, 3.63) is 57.4 Å². The van der Waals surface area contributed by atoms with Gasteiger partial charge in [-0.1, -0.05) is 39.8 Å². The summed E-state index contributed by atoms with van der Waals surface area (Å²) < 4.78 is 6.28. The Bertz CT molecular complexity index is 743. The van der Waals surface area contributed by atoms with Crippen LogP contribution in [0.15, 0.2) is 56.7 Å². The fourth-order valence-corrected chi connectivity index (χ4v) is 3.38. The average Bonchev–Trinajstić information content (AvgIpc) is 2.48. The lowest BCUT2D eigenvalue weighted by Gasteiger charge is -2.18. The maximum absolute atomic E-state index is 12.2. The molecule has 0 saturated heterocycles. The van der Waals surface area contributed by atoms with E-state index in [0.717, 1.165) is 26.4 Å². The highest BCUT2D eigenvalue weighted by molar-refractivity contribution is 9.10. The van der Waals surface area contributed by atoms with E-state index >= 15 is 0 Å². The molecule has 0 bridgehead atoms. The van der Waals surface area contributed by atoms with Crippen LogP contribution in [0.2, 0.25) is 0 Å². The molecule has 2 aromatic rings. The molecule has 2 aromatic carbocycles. The monoisotopic (exact) mass is 361 g/mol. The Morgan fingerprint density at radius 2 is 2.05 bits per heavy atom. The zero-order valence-corrected chi connectivity index (χ0v) is 13.6. The first-order chi connectivity index (χ1) is 10.2. The molecule has 0 aliphatic carbocycles. The molecule has 5 heteroatoms. The summed E-state index contributed by atoms with van der Waals surface area (Å²) in [6.45, 7) is 0. The molecule has 1 aliphatic heterocycles. The van der Waals surface area contributed by atoms with Gasteiger partial charge in [-0.25, -0.2) is 0 Å². The second-order valence-electron chi connectivity index (χ2n) is 4.45. The molecule has 0 unspecified atom stereocenters. The van der Waals surface area contributed by atoms with Gasteiger partial charge in [-0.15, -0.1) is 0 Å². The smallest absolute Gasteiger partial charge is 0.262 e. The van der Waals surface area contributed by atoms with Gasteiger partial charge in [0, 0.05) is 14.9 Å². The van der Waals surface area contributed by atoms with Gasteiger partial charge in [0.05, 0.1) is 17.7 Å². The van der Waals surface area contributed by atoms with Crippen LogP contribution in [-0.2, 0) is 4.79 Å². The number of anilines is 1. The van der Waals surface area contributed by atoms with Crippen LogP contribution in [0, 0.1) is 0 Å². The molecule has 1 aliphatic rings. The Morgan fingerprint density at radius 1 is 1.24 bits per heavy atom. The van der Waals surface area contributed by atoms with Crippen LogP contribution in [0.5, 0.6) is 5.75 Å². The number of rotatable bonds is 2. The van der Waals surface area contributed by atoms with Gasteiger partial charge in [0.25, 0.3) is 5.91 Å². The number of carbonyl (C=O) groups excluding carboxylic acids is 1. The number of hydrogen-bond acceptors (Lipinski definition) is 3. The van der Waals surface area contributed by atoms with Crippen molar-refractivity contribution in [1.82, 2.24) is 0 Å². The minimum Gasteiger partial charge on any atom is -0.496 e. The van der Waals surface area contributed by atoms with E-state index in [1.165, 1.54) is 11.8 Å². The second kappa shape index (κ2) is 5.95. The highest BCUT2D eigenvalue weighted by atomic mass is 79.9. The number of carbonyl (C=O) groups is 1. The summed E-state index contributed by atoms with van der Waals surface area (Å²) in [4.78, 5) is 13.9. The van der Waals surface area contributed by atoms with Crippen molar-refractivity contribution in [1.29, 1.82) is 0 Å². The van der Waals surface area contributed by atoms with Gasteiger partial charge in [0.15, 0.2) is 0 Å². The minimum atomic E-state index is -0.0965. The largest absolute Gasteiger partial charge is 0.496 e. The molecule has 3 nitrogen and oxygen atoms in total. The molecular formula is C16H12BrNO2S. The van der Waals surface area contributed by atoms with Crippen LogP contribution in [0.1, 0.15) is 5.56 Å². The Morgan fingerprint density at radius 3 is 2.86 bits per heavy atom. The van der Waals surface area contributed by atoms with E-state index < -0.39 is 0 Å². The zero-order chi connectivity index (χ0) is 14.8. The quantitative estimate of drug-likeness (QED) is 0.797. The highest BCUT2D eigenvalue weighted by Gasteiger charge is 2.20. The van der Waals surface area contributed by atoms with Gasteiger partial charge in [0.1, 0.15) is 5.75 Å². The predicted octanol–water partition coefficient (Wildman–Crippen LogP) is 4.54. The molecule has 21 heavy (non-hydrogen) atoms. The van der Waals surface area contributed by atoms with Crippen molar-refractivity contribution in [3.63, 3.8) is 0 Å². The molecular weight excluding hydrogens is 350 g/mol. The van der Waals surface area contributed by atoms with Gasteiger partial charge in [-0.05, 0) is 36.4 Å². The van der Waals surface area contributed by atoms with E-state index in [4.69, 9.17) is 4.74 Å². The molecule has 1 N–H and O–H groups in total. The summed E-state index contributed by atoms with van der Waals surface area (Å²) in [7, 11) is 1.62. The molecule has 1 heterocycles. The third kappa shape index (κ3) is 2.99. The number of ether oxygens (including phenoxy) is 1. The van der Waals surface area contributed by atoms with Crippen LogP contribution in [0.3, 0.4) is 0 Å². The van der Waals surface area contributed by atoms with Crippen LogP contribution in [-0.4, -0.2) is 13.0 Å². The SMILES string of the molecule is COc1ccc(Br)cc1/C=C1\Sc2ccccc2NC1=O. The molecule has 3 rings (SSSR count). The van der Waals surface area contributed by atoms with Crippen molar-refractivity contribution in [2.45, 2.75) is 4.90 Å². The van der Waals surface area contributed by atoms with Gasteiger partial charge in [-0.2, -0.15) is 0 Å². The minimum absolute atomic E-state index is 0.0965. The standard InChI is InChI=1S/C16H12BrNO2S/c1-20-13-7-6-11(17)8-10(13)9-15-16(19)18-12-4-2-3-5-14(12)21-15/h2-9H,1H3,(H,18,19)/b15-9-. The summed E-state index contributed by atoms with van der Waals surface area (Å²) in [5, 5.41) is 2.90. The number of nitrogens with one attached hydrogen (secondary N) is 1. The van der Waals surface area contributed by atoms with Crippen LogP contribution in [0.25, 0.3) is 6.08 Å². The van der Waals surface area contributed by atoms with Gasteiger partial charge < -0.3 is 10.1 Å². The van der Waals surface area contributed by atoms with E-state index in [9.17, 15) is 4.79 Å². The number of thioether (sulfide) groups is 1. The van der Waals surface area contributed by atoms with Crippen LogP contribution >= 0.6 is 27.7 Å². The third-order valence-corrected chi connectivity index (χ3v) is 4.65. The van der Waals surface area contributed by atoms with E-state index in [1.807, 2.05) is 48.5 Å². The molecule has 0 radical (unpaired) electrons. The molecule has 0 spiro atoms. The first kappa shape index (κ1) is 14.2. The van der Waals surface area contributed by atoms with Crippen molar-refractivity contribution in [3.8, 4) is 5.75 Å². The molecule has 0 saturated carbocycles. The maximum atomic E-state index is 12.2. The Hall–Kier alpha value is -1.72. The lowest BCUT2D eigenvalue weighted by atomic mass is 10.2. The van der Waals surface area contributed by atoms with E-state index in [1.54, 1.807) is 7.11 Å². The number of halogens is 1. The van der Waals surface area contributed by atoms with Crippen molar-refractivity contribution in [2.24, 2.45) is 0 Å². The second-order valence-corrected chi connectivity index (χ2v) is 6.45. The lowest BCUT2D eigenvalue weighted by Crippen LogP contribution is -2.17. The average molecular weight is 362 g/mol. The first-order valence-corrected chi connectivity index (χ1v) is 7.92. The van der Waals surface area contributed by atoms with Gasteiger partial charge >= 0.3 is 0 Å². The van der Waals surface area contributed by atoms with Crippen LogP contribution in [0.4, 0.5) is 5.69 Å². The summed E-state index contributed by atoms with van der Waals surface area (Å²) in [5.74, 6) is 0.638. The number of hydrogen-bond donors (Lipinski definition) is 1. The molecule has 1 amide bonds. The molecule has 0 atom stereocenters. The number of fused-ring (bicyclic) bond motifs is 1. The number of para-hydroxylation sites is 1. The predicted molar refractivity (Wildman–Crippen MR) is 89.6 cm³/mol. The fourth-order valence-electron chi connectivity index (χ4n) is 2.06. The van der Waals surface area contributed by atoms with Gasteiger partial charge in [0.2, 0.25) is 0 Å². The highest BCUT2D eigenvalue weighted by Crippen LogP contribution is 2.39. The van der Waals surface area contributed by atoms with Crippen LogP contribution < -0.4 is 10.1 Å². The van der Waals surface area contributed by atoms with E-state index in [0.29, 0.717) is 4.91 Å². The van der Waals surface area contributed by atoms with Crippen molar-refractivity contribution >= 4 is 45.4 Å². The molecule has 0 aromatic heterocycles. The summed E-state index contributed by atoms with van der Waals surface area (Å²) >= 11 is 4.90. The van der Waals surface area contributed by atoms with E-state index in [-0.39, 0.29) is 5.91 Å². The normalized spacial score (nSPS) is 15.5. The van der Waals surface area contributed by atoms with Crippen molar-refractivity contribution in [2.75, 3.05) is 12.4 Å². The maximum Gasteiger partial charge on any atom is 0.262 e. The molecule has 0 fully saturated rings. The number of methoxy groups -OCH3 is 1. The third-order valence-electron chi connectivity index (χ3n) is 3.06. The summed E-state index contributed by atoms with van der Waals surface area (Å²) in [6.07, 6.45) is 1.85. The van der Waals surface area contributed by atoms with E-state index in [2.05, 4.69) is 21.2 Å². The fraction of sp³-hybridized carbons (Fsp3) is 0.0625. The summed E-state index contributed by atoms with van der Waals surface area (Å²) in [5.41, 5.74) is 1.72. The summed E-state index contributed by atoms with van der Waals surface area (Å²) in [6, 6.07) is 13.5. The Balaban J connectivity index is 2.01. The zero-order valence-electron chi connectivity index (χ0n) is 11.2. The Labute approximate surface area is 135 Å². The number of amides is 1. The number of benzene rings is 2. The van der Waals surface area contributed by atoms with Gasteiger partial charge in [-0.3, -0.25) is 4.79 Å². The first-order valence-electron chi connectivity index (χ1n) is 6.31. The van der Waals surface area contributed by atoms with Crippen molar-refractivity contribution < 1.29 is 9.53 Å². The topological polar surface area (TPSA) is 38.3 Å².